The fourth-order valence-electron chi connectivity index (χ4n) is 2.41. The molecule has 0 aliphatic carbocycles. The van der Waals surface area contributed by atoms with E-state index >= 15 is 0 Å². The minimum atomic E-state index is 0. The molecular formula is C17H18ClNOS. The Bertz CT molecular complexity index is 697. The van der Waals surface area contributed by atoms with Gasteiger partial charge in [0.25, 0.3) is 0 Å². The van der Waals surface area contributed by atoms with Gasteiger partial charge in [-0.05, 0) is 28.3 Å². The lowest BCUT2D eigenvalue weighted by molar-refractivity contribution is 0.408. The molecule has 0 saturated heterocycles. The highest BCUT2D eigenvalue weighted by Gasteiger charge is 2.07. The summed E-state index contributed by atoms with van der Waals surface area (Å²) in [5.74, 6) is 0.947. The zero-order valence-corrected chi connectivity index (χ0v) is 13.5. The van der Waals surface area contributed by atoms with Crippen molar-refractivity contribution in [2.24, 2.45) is 0 Å². The van der Waals surface area contributed by atoms with E-state index in [1.165, 1.54) is 21.2 Å². The summed E-state index contributed by atoms with van der Waals surface area (Å²) in [6.07, 6.45) is 0. The molecule has 0 aliphatic heterocycles. The normalized spacial score (nSPS) is 10.3. The fourth-order valence-corrected chi connectivity index (χ4v) is 3.09. The van der Waals surface area contributed by atoms with E-state index in [0.717, 1.165) is 18.8 Å². The number of thiophene rings is 1. The van der Waals surface area contributed by atoms with Gasteiger partial charge in [0.1, 0.15) is 5.75 Å². The number of benzene rings is 2. The van der Waals surface area contributed by atoms with Gasteiger partial charge in [-0.2, -0.15) is 0 Å². The van der Waals surface area contributed by atoms with Crippen LogP contribution in [0, 0.1) is 0 Å². The van der Waals surface area contributed by atoms with Crippen molar-refractivity contribution >= 4 is 34.5 Å². The van der Waals surface area contributed by atoms with E-state index in [1.54, 1.807) is 18.4 Å². The average Bonchev–Trinajstić information content (AvgIpc) is 3.00. The molecule has 0 amide bonds. The molecule has 0 bridgehead atoms. The number of ether oxygens (including phenoxy) is 1. The Morgan fingerprint density at radius 3 is 2.62 bits per heavy atom. The van der Waals surface area contributed by atoms with Crippen molar-refractivity contribution in [1.29, 1.82) is 0 Å². The SMILES string of the molecule is COc1ccc2ccccc2c1CNCc1cccs1.Cl. The molecule has 2 nitrogen and oxygen atoms in total. The maximum Gasteiger partial charge on any atom is 0.123 e. The predicted octanol–water partition coefficient (Wildman–Crippen LogP) is 4.62. The Labute approximate surface area is 135 Å². The van der Waals surface area contributed by atoms with Crippen molar-refractivity contribution in [3.8, 4) is 5.75 Å². The number of methoxy groups -OCH3 is 1. The molecule has 1 aromatic heterocycles. The molecule has 0 radical (unpaired) electrons. The van der Waals surface area contributed by atoms with E-state index in [4.69, 9.17) is 4.74 Å². The number of nitrogens with one attached hydrogen (secondary N) is 1. The summed E-state index contributed by atoms with van der Waals surface area (Å²) in [5, 5.41) is 8.11. The zero-order valence-electron chi connectivity index (χ0n) is 11.8. The van der Waals surface area contributed by atoms with E-state index in [9.17, 15) is 0 Å². The van der Waals surface area contributed by atoms with Crippen molar-refractivity contribution < 1.29 is 4.74 Å². The maximum atomic E-state index is 5.50. The van der Waals surface area contributed by atoms with Crippen LogP contribution in [0.1, 0.15) is 10.4 Å². The Balaban J connectivity index is 0.00000161. The summed E-state index contributed by atoms with van der Waals surface area (Å²) >= 11 is 1.78. The van der Waals surface area contributed by atoms with Crippen LogP contribution >= 0.6 is 23.7 Å². The Hall–Kier alpha value is -1.55. The maximum absolute atomic E-state index is 5.50. The summed E-state index contributed by atoms with van der Waals surface area (Å²) in [7, 11) is 1.73. The fraction of sp³-hybridized carbons (Fsp3) is 0.176. The summed E-state index contributed by atoms with van der Waals surface area (Å²) in [6.45, 7) is 1.70. The first-order valence-electron chi connectivity index (χ1n) is 6.66. The Morgan fingerprint density at radius 2 is 1.86 bits per heavy atom. The van der Waals surface area contributed by atoms with Gasteiger partial charge in [0.15, 0.2) is 0 Å². The summed E-state index contributed by atoms with van der Waals surface area (Å²) in [5.41, 5.74) is 1.22. The van der Waals surface area contributed by atoms with Gasteiger partial charge in [-0.15, -0.1) is 23.7 Å². The van der Waals surface area contributed by atoms with Gasteiger partial charge in [-0.25, -0.2) is 0 Å². The van der Waals surface area contributed by atoms with Gasteiger partial charge in [0.05, 0.1) is 7.11 Å². The smallest absolute Gasteiger partial charge is 0.123 e. The van der Waals surface area contributed by atoms with Gasteiger partial charge in [0.2, 0.25) is 0 Å². The summed E-state index contributed by atoms with van der Waals surface area (Å²) < 4.78 is 5.50. The molecule has 1 N–H and O–H groups in total. The van der Waals surface area contributed by atoms with Crippen LogP contribution < -0.4 is 10.1 Å². The highest BCUT2D eigenvalue weighted by atomic mass is 35.5. The number of rotatable bonds is 5. The molecule has 0 spiro atoms. The van der Waals surface area contributed by atoms with Gasteiger partial charge in [-0.3, -0.25) is 0 Å². The van der Waals surface area contributed by atoms with Crippen molar-refractivity contribution in [1.82, 2.24) is 5.32 Å². The van der Waals surface area contributed by atoms with Crippen molar-refractivity contribution in [2.75, 3.05) is 7.11 Å². The van der Waals surface area contributed by atoms with Crippen molar-refractivity contribution in [3.63, 3.8) is 0 Å². The van der Waals surface area contributed by atoms with Crippen LogP contribution in [0.3, 0.4) is 0 Å². The lowest BCUT2D eigenvalue weighted by Crippen LogP contribution is -2.13. The molecule has 3 rings (SSSR count). The molecular weight excluding hydrogens is 302 g/mol. The van der Waals surface area contributed by atoms with E-state index < -0.39 is 0 Å². The molecule has 0 atom stereocenters. The second-order valence-corrected chi connectivity index (χ2v) is 5.68. The number of hydrogen-bond acceptors (Lipinski definition) is 3. The third kappa shape index (κ3) is 3.56. The zero-order chi connectivity index (χ0) is 13.8. The average molecular weight is 320 g/mol. The quantitative estimate of drug-likeness (QED) is 0.741. The van der Waals surface area contributed by atoms with Gasteiger partial charge < -0.3 is 10.1 Å². The molecule has 4 heteroatoms. The molecule has 2 aromatic carbocycles. The largest absolute Gasteiger partial charge is 0.496 e. The van der Waals surface area contributed by atoms with Gasteiger partial charge in [0, 0.05) is 23.5 Å². The van der Waals surface area contributed by atoms with Crippen LogP contribution in [-0.2, 0) is 13.1 Å². The van der Waals surface area contributed by atoms with E-state index in [-0.39, 0.29) is 12.4 Å². The van der Waals surface area contributed by atoms with Crippen molar-refractivity contribution in [2.45, 2.75) is 13.1 Å². The summed E-state index contributed by atoms with van der Waals surface area (Å²) in [6, 6.07) is 16.8. The molecule has 0 fully saturated rings. The molecule has 21 heavy (non-hydrogen) atoms. The molecule has 110 valence electrons. The highest BCUT2D eigenvalue weighted by molar-refractivity contribution is 7.09. The van der Waals surface area contributed by atoms with Crippen LogP contribution in [0.5, 0.6) is 5.75 Å². The van der Waals surface area contributed by atoms with E-state index in [0.29, 0.717) is 0 Å². The number of halogens is 1. The molecule has 3 aromatic rings. The number of hydrogen-bond donors (Lipinski definition) is 1. The monoisotopic (exact) mass is 319 g/mol. The highest BCUT2D eigenvalue weighted by Crippen LogP contribution is 2.27. The van der Waals surface area contributed by atoms with Crippen LogP contribution in [0.15, 0.2) is 53.9 Å². The molecule has 0 unspecified atom stereocenters. The Kier molecular flexibility index (Phi) is 5.62. The van der Waals surface area contributed by atoms with Crippen LogP contribution in [0.2, 0.25) is 0 Å². The lowest BCUT2D eigenvalue weighted by Gasteiger charge is -2.12. The van der Waals surface area contributed by atoms with Crippen molar-refractivity contribution in [3.05, 3.63) is 64.4 Å². The van der Waals surface area contributed by atoms with Crippen LogP contribution in [0.25, 0.3) is 10.8 Å². The third-order valence-corrected chi connectivity index (χ3v) is 4.28. The number of fused-ring (bicyclic) bond motifs is 1. The first kappa shape index (κ1) is 15.8. The third-order valence-electron chi connectivity index (χ3n) is 3.40. The first-order valence-corrected chi connectivity index (χ1v) is 7.54. The predicted molar refractivity (Wildman–Crippen MR) is 92.6 cm³/mol. The van der Waals surface area contributed by atoms with Gasteiger partial charge >= 0.3 is 0 Å². The minimum Gasteiger partial charge on any atom is -0.496 e. The first-order chi connectivity index (χ1) is 9.88. The van der Waals surface area contributed by atoms with Crippen LogP contribution in [-0.4, -0.2) is 7.11 Å². The van der Waals surface area contributed by atoms with E-state index in [2.05, 4.69) is 53.2 Å². The van der Waals surface area contributed by atoms with E-state index in [1.807, 2.05) is 6.07 Å². The lowest BCUT2D eigenvalue weighted by atomic mass is 10.0. The standard InChI is InChI=1S/C17H17NOS.ClH/c1-19-17-9-8-13-5-2-3-7-15(13)16(17)12-18-11-14-6-4-10-20-14;/h2-10,18H,11-12H2,1H3;1H. The van der Waals surface area contributed by atoms with Gasteiger partial charge in [-0.1, -0.05) is 36.4 Å². The molecule has 0 saturated carbocycles. The molecule has 1 heterocycles. The topological polar surface area (TPSA) is 21.3 Å². The summed E-state index contributed by atoms with van der Waals surface area (Å²) in [4.78, 5) is 1.35. The second-order valence-electron chi connectivity index (χ2n) is 4.65. The molecule has 0 aliphatic rings. The second kappa shape index (κ2) is 7.46. The Morgan fingerprint density at radius 1 is 1.00 bits per heavy atom. The minimum absolute atomic E-state index is 0. The van der Waals surface area contributed by atoms with Crippen LogP contribution in [0.4, 0.5) is 0 Å².